The number of aromatic nitrogens is 2. The molecule has 2 aliphatic heterocycles. The number of aliphatic hydroxyl groups excluding tert-OH is 1. The van der Waals surface area contributed by atoms with Gasteiger partial charge in [-0.1, -0.05) is 25.1 Å². The maximum absolute atomic E-state index is 12.8. The third-order valence-electron chi connectivity index (χ3n) is 5.81. The van der Waals surface area contributed by atoms with Gasteiger partial charge in [-0.3, -0.25) is 4.79 Å². The largest absolute Gasteiger partial charge is 0.493 e. The Bertz CT molecular complexity index is 803. The Kier molecular flexibility index (Phi) is 4.44. The maximum atomic E-state index is 12.8. The number of fused-ring (bicyclic) bond motifs is 3. The van der Waals surface area contributed by atoms with Crippen LogP contribution < -0.4 is 4.74 Å². The molecule has 1 aromatic carbocycles. The molecule has 6 nitrogen and oxygen atoms in total. The minimum absolute atomic E-state index is 0.0251. The number of para-hydroxylation sites is 1. The number of ether oxygens (including phenoxy) is 1. The van der Waals surface area contributed by atoms with Gasteiger partial charge in [0.05, 0.1) is 18.6 Å². The van der Waals surface area contributed by atoms with Crippen LogP contribution in [0.4, 0.5) is 0 Å². The molecule has 1 aromatic heterocycles. The molecule has 1 N–H and O–H groups in total. The summed E-state index contributed by atoms with van der Waals surface area (Å²) in [7, 11) is 0. The van der Waals surface area contributed by atoms with E-state index in [9.17, 15) is 9.90 Å². The Morgan fingerprint density at radius 2 is 2.27 bits per heavy atom. The molecule has 138 valence electrons. The second kappa shape index (κ2) is 6.76. The van der Waals surface area contributed by atoms with Crippen molar-refractivity contribution in [1.82, 2.24) is 14.5 Å². The van der Waals surface area contributed by atoms with Gasteiger partial charge in [0.2, 0.25) is 5.91 Å². The molecule has 1 saturated heterocycles. The van der Waals surface area contributed by atoms with E-state index in [0.29, 0.717) is 32.7 Å². The van der Waals surface area contributed by atoms with E-state index in [-0.39, 0.29) is 18.4 Å². The summed E-state index contributed by atoms with van der Waals surface area (Å²) in [5, 5.41) is 10.1. The van der Waals surface area contributed by atoms with Gasteiger partial charge in [0.25, 0.3) is 0 Å². The molecule has 2 aliphatic rings. The zero-order valence-corrected chi connectivity index (χ0v) is 15.1. The van der Waals surface area contributed by atoms with Crippen molar-refractivity contribution in [3.8, 4) is 5.75 Å². The van der Waals surface area contributed by atoms with Crippen LogP contribution in [0.15, 0.2) is 36.7 Å². The highest BCUT2D eigenvalue weighted by Crippen LogP contribution is 2.49. The van der Waals surface area contributed by atoms with Crippen molar-refractivity contribution in [1.29, 1.82) is 0 Å². The highest BCUT2D eigenvalue weighted by molar-refractivity contribution is 5.77. The molecule has 0 saturated carbocycles. The molecule has 26 heavy (non-hydrogen) atoms. The molecule has 0 radical (unpaired) electrons. The quantitative estimate of drug-likeness (QED) is 0.889. The number of carbonyl (C=O) groups excluding carboxylic acids is 1. The molecule has 6 heteroatoms. The molecule has 0 aliphatic carbocycles. The van der Waals surface area contributed by atoms with Crippen LogP contribution in [-0.2, 0) is 17.8 Å². The molecule has 0 bridgehead atoms. The summed E-state index contributed by atoms with van der Waals surface area (Å²) in [6.07, 6.45) is 5.01. The highest BCUT2D eigenvalue weighted by Gasteiger charge is 2.51. The highest BCUT2D eigenvalue weighted by atomic mass is 16.5. The van der Waals surface area contributed by atoms with Gasteiger partial charge in [-0.2, -0.15) is 0 Å². The molecule has 0 spiro atoms. The van der Waals surface area contributed by atoms with Crippen molar-refractivity contribution < 1.29 is 14.6 Å². The molecule has 4 rings (SSSR count). The van der Waals surface area contributed by atoms with Crippen LogP contribution in [0.25, 0.3) is 0 Å². The monoisotopic (exact) mass is 355 g/mol. The zero-order valence-electron chi connectivity index (χ0n) is 15.1. The molecule has 2 aromatic rings. The lowest BCUT2D eigenvalue weighted by atomic mass is 9.74. The fourth-order valence-corrected chi connectivity index (χ4v) is 4.29. The fraction of sp³-hybridized carbons (Fsp3) is 0.500. The van der Waals surface area contributed by atoms with Gasteiger partial charge in [-0.15, -0.1) is 0 Å². The van der Waals surface area contributed by atoms with Crippen molar-refractivity contribution in [2.45, 2.75) is 32.2 Å². The fourth-order valence-electron chi connectivity index (χ4n) is 4.29. The van der Waals surface area contributed by atoms with E-state index in [2.05, 4.69) is 18.0 Å². The maximum Gasteiger partial charge on any atom is 0.224 e. The standard InChI is InChI=1S/C20H25N3O3/c1-2-18-21-8-10-22(18)9-7-19(25)23-11-16-15-5-3-4-6-17(15)26-14-20(16,12-23)13-24/h3-6,8,10,16,24H,2,7,9,11-14H2,1H3/t16-,20-/m1/s1. The molecule has 3 heterocycles. The van der Waals surface area contributed by atoms with Gasteiger partial charge < -0.3 is 19.3 Å². The van der Waals surface area contributed by atoms with Crippen LogP contribution in [0.1, 0.15) is 30.7 Å². The van der Waals surface area contributed by atoms with Gasteiger partial charge in [-0.25, -0.2) is 4.98 Å². The molecule has 1 fully saturated rings. The minimum atomic E-state index is -0.395. The second-order valence-corrected chi connectivity index (χ2v) is 7.31. The smallest absolute Gasteiger partial charge is 0.224 e. The molecule has 0 unspecified atom stereocenters. The van der Waals surface area contributed by atoms with E-state index in [0.717, 1.165) is 23.6 Å². The molecular formula is C20H25N3O3. The predicted octanol–water partition coefficient (Wildman–Crippen LogP) is 1.83. The average Bonchev–Trinajstić information content (AvgIpc) is 3.30. The zero-order chi connectivity index (χ0) is 18.1. The van der Waals surface area contributed by atoms with Crippen molar-refractivity contribution >= 4 is 5.91 Å². The lowest BCUT2D eigenvalue weighted by Crippen LogP contribution is -2.42. The minimum Gasteiger partial charge on any atom is -0.493 e. The van der Waals surface area contributed by atoms with Gasteiger partial charge in [-0.05, 0) is 11.6 Å². The summed E-state index contributed by atoms with van der Waals surface area (Å²) >= 11 is 0. The molecular weight excluding hydrogens is 330 g/mol. The van der Waals surface area contributed by atoms with Gasteiger partial charge in [0.1, 0.15) is 11.6 Å². The Morgan fingerprint density at radius 1 is 1.42 bits per heavy atom. The second-order valence-electron chi connectivity index (χ2n) is 7.31. The summed E-state index contributed by atoms with van der Waals surface area (Å²) in [6, 6.07) is 7.97. The number of hydrogen-bond acceptors (Lipinski definition) is 4. The average molecular weight is 355 g/mol. The van der Waals surface area contributed by atoms with Crippen molar-refractivity contribution in [3.63, 3.8) is 0 Å². The number of hydrogen-bond donors (Lipinski definition) is 1. The Hall–Kier alpha value is -2.34. The summed E-state index contributed by atoms with van der Waals surface area (Å²) in [4.78, 5) is 19.0. The normalized spacial score (nSPS) is 24.1. The number of aliphatic hydroxyl groups is 1. The van der Waals surface area contributed by atoms with Crippen LogP contribution >= 0.6 is 0 Å². The Labute approximate surface area is 153 Å². The summed E-state index contributed by atoms with van der Waals surface area (Å²) < 4.78 is 7.94. The van der Waals surface area contributed by atoms with E-state index in [4.69, 9.17) is 4.74 Å². The number of rotatable bonds is 5. The number of likely N-dealkylation sites (tertiary alicyclic amines) is 1. The number of aryl methyl sites for hydroxylation is 2. The number of benzene rings is 1. The van der Waals surface area contributed by atoms with E-state index in [1.807, 2.05) is 33.9 Å². The van der Waals surface area contributed by atoms with Gasteiger partial charge >= 0.3 is 0 Å². The summed E-state index contributed by atoms with van der Waals surface area (Å²) in [6.45, 7) is 4.38. The first-order valence-corrected chi connectivity index (χ1v) is 9.27. The van der Waals surface area contributed by atoms with Gasteiger partial charge in [0, 0.05) is 50.8 Å². The molecule has 1 amide bonds. The van der Waals surface area contributed by atoms with Gasteiger partial charge in [0.15, 0.2) is 0 Å². The first kappa shape index (κ1) is 17.1. The number of amides is 1. The van der Waals surface area contributed by atoms with Crippen LogP contribution in [0.2, 0.25) is 0 Å². The number of carbonyl (C=O) groups is 1. The molecule has 2 atom stereocenters. The lowest BCUT2D eigenvalue weighted by Gasteiger charge is -2.37. The van der Waals surface area contributed by atoms with Crippen molar-refractivity contribution in [2.24, 2.45) is 5.41 Å². The SMILES string of the molecule is CCc1nccn1CCC(=O)N1C[C@@H]2c3ccccc3OC[C@]2(CO)C1. The van der Waals surface area contributed by atoms with Crippen LogP contribution in [-0.4, -0.2) is 51.8 Å². The van der Waals surface area contributed by atoms with E-state index < -0.39 is 5.41 Å². The lowest BCUT2D eigenvalue weighted by molar-refractivity contribution is -0.131. The van der Waals surface area contributed by atoms with Crippen LogP contribution in [0.3, 0.4) is 0 Å². The Balaban J connectivity index is 1.49. The number of imidazole rings is 1. The van der Waals surface area contributed by atoms with Crippen LogP contribution in [0, 0.1) is 5.41 Å². The Morgan fingerprint density at radius 3 is 3.08 bits per heavy atom. The first-order valence-electron chi connectivity index (χ1n) is 9.27. The topological polar surface area (TPSA) is 67.6 Å². The van der Waals surface area contributed by atoms with E-state index in [1.54, 1.807) is 6.20 Å². The van der Waals surface area contributed by atoms with E-state index in [1.165, 1.54) is 0 Å². The third-order valence-corrected chi connectivity index (χ3v) is 5.81. The summed E-state index contributed by atoms with van der Waals surface area (Å²) in [5.41, 5.74) is 0.708. The van der Waals surface area contributed by atoms with Crippen LogP contribution in [0.5, 0.6) is 5.75 Å². The van der Waals surface area contributed by atoms with Crippen molar-refractivity contribution in [2.75, 3.05) is 26.3 Å². The van der Waals surface area contributed by atoms with Crippen molar-refractivity contribution in [3.05, 3.63) is 48.0 Å². The predicted molar refractivity (Wildman–Crippen MR) is 97.0 cm³/mol. The number of nitrogens with zero attached hydrogens (tertiary/aromatic N) is 3. The first-order chi connectivity index (χ1) is 12.7. The third kappa shape index (κ3) is 2.78. The van der Waals surface area contributed by atoms with E-state index >= 15 is 0 Å². The summed E-state index contributed by atoms with van der Waals surface area (Å²) in [5.74, 6) is 2.13.